The molecular formula is C9H14N4O2S. The summed E-state index contributed by atoms with van der Waals surface area (Å²) in [6.07, 6.45) is 2.00. The second kappa shape index (κ2) is 5.55. The Morgan fingerprint density at radius 2 is 2.31 bits per heavy atom. The molecule has 0 amide bonds. The van der Waals surface area contributed by atoms with Gasteiger partial charge in [0.15, 0.2) is 0 Å². The molecule has 6 nitrogen and oxygen atoms in total. The minimum atomic E-state index is -0.468. The second-order valence-corrected chi connectivity index (χ2v) is 4.27. The monoisotopic (exact) mass is 242 g/mol. The molecule has 16 heavy (non-hydrogen) atoms. The number of nitrogens with two attached hydrogens (primary N) is 1. The summed E-state index contributed by atoms with van der Waals surface area (Å²) >= 11 is 1.70. The summed E-state index contributed by atoms with van der Waals surface area (Å²) < 4.78 is 0. The lowest BCUT2D eigenvalue weighted by Gasteiger charge is -2.17. The molecule has 0 aromatic carbocycles. The molecule has 0 radical (unpaired) electrons. The zero-order valence-corrected chi connectivity index (χ0v) is 10.0. The highest BCUT2D eigenvalue weighted by Gasteiger charge is 2.12. The van der Waals surface area contributed by atoms with E-state index in [2.05, 4.69) is 4.98 Å². The van der Waals surface area contributed by atoms with Crippen LogP contribution in [-0.4, -0.2) is 35.5 Å². The number of thioether (sulfide) groups is 1. The van der Waals surface area contributed by atoms with Crippen molar-refractivity contribution in [1.82, 2.24) is 4.98 Å². The van der Waals surface area contributed by atoms with Gasteiger partial charge in [0.1, 0.15) is 11.6 Å². The lowest BCUT2D eigenvalue weighted by molar-refractivity contribution is -0.384. The minimum Gasteiger partial charge on any atom is -0.383 e. The van der Waals surface area contributed by atoms with Gasteiger partial charge in [0.2, 0.25) is 0 Å². The summed E-state index contributed by atoms with van der Waals surface area (Å²) in [6, 6.07) is 2.68. The summed E-state index contributed by atoms with van der Waals surface area (Å²) in [5.41, 5.74) is 5.49. The van der Waals surface area contributed by atoms with Crippen molar-refractivity contribution in [3.05, 3.63) is 22.2 Å². The molecule has 0 aliphatic heterocycles. The van der Waals surface area contributed by atoms with Crippen molar-refractivity contribution < 1.29 is 4.92 Å². The molecule has 1 rings (SSSR count). The third-order valence-electron chi connectivity index (χ3n) is 2.05. The molecule has 0 aliphatic rings. The maximum atomic E-state index is 10.6. The van der Waals surface area contributed by atoms with Gasteiger partial charge in [0, 0.05) is 19.3 Å². The standard InChI is InChI=1S/C9H14N4O2S/c1-12(3-4-16-2)9-6-7(13(14)15)5-8(10)11-9/h5-6H,3-4H2,1-2H3,(H2,10,11). The van der Waals surface area contributed by atoms with Crippen LogP contribution in [0.5, 0.6) is 0 Å². The van der Waals surface area contributed by atoms with E-state index in [0.717, 1.165) is 12.3 Å². The number of pyridine rings is 1. The van der Waals surface area contributed by atoms with Crippen molar-refractivity contribution in [2.45, 2.75) is 0 Å². The van der Waals surface area contributed by atoms with Crippen LogP contribution in [0.4, 0.5) is 17.3 Å². The second-order valence-electron chi connectivity index (χ2n) is 3.28. The van der Waals surface area contributed by atoms with Crippen LogP contribution in [0.3, 0.4) is 0 Å². The van der Waals surface area contributed by atoms with Gasteiger partial charge >= 0.3 is 0 Å². The third-order valence-corrected chi connectivity index (χ3v) is 2.64. The van der Waals surface area contributed by atoms with Gasteiger partial charge in [0.05, 0.1) is 17.1 Å². The maximum absolute atomic E-state index is 10.6. The largest absolute Gasteiger partial charge is 0.383 e. The average molecular weight is 242 g/mol. The average Bonchev–Trinajstić information content (AvgIpc) is 2.24. The SMILES string of the molecule is CSCCN(C)c1cc([N+](=O)[O-])cc(N)n1. The molecule has 2 N–H and O–H groups in total. The number of hydrogen-bond donors (Lipinski definition) is 1. The van der Waals surface area contributed by atoms with Crippen LogP contribution < -0.4 is 10.6 Å². The fourth-order valence-corrected chi connectivity index (χ4v) is 1.62. The van der Waals surface area contributed by atoms with E-state index in [4.69, 9.17) is 5.73 Å². The Kier molecular flexibility index (Phi) is 4.36. The highest BCUT2D eigenvalue weighted by molar-refractivity contribution is 7.98. The van der Waals surface area contributed by atoms with E-state index in [-0.39, 0.29) is 11.5 Å². The van der Waals surface area contributed by atoms with Gasteiger partial charge in [-0.3, -0.25) is 10.1 Å². The Hall–Kier alpha value is -1.50. The van der Waals surface area contributed by atoms with Crippen LogP contribution in [0.1, 0.15) is 0 Å². The molecule has 1 aromatic heterocycles. The first-order chi connectivity index (χ1) is 7.54. The van der Waals surface area contributed by atoms with Crippen LogP contribution in [0.25, 0.3) is 0 Å². The first kappa shape index (κ1) is 12.6. The van der Waals surface area contributed by atoms with E-state index in [1.54, 1.807) is 11.8 Å². The van der Waals surface area contributed by atoms with Gasteiger partial charge in [-0.1, -0.05) is 0 Å². The van der Waals surface area contributed by atoms with Crippen molar-refractivity contribution in [2.75, 3.05) is 36.2 Å². The van der Waals surface area contributed by atoms with Crippen LogP contribution in [0, 0.1) is 10.1 Å². The van der Waals surface area contributed by atoms with Gasteiger partial charge in [-0.2, -0.15) is 11.8 Å². The smallest absolute Gasteiger partial charge is 0.276 e. The normalized spacial score (nSPS) is 10.1. The molecule has 0 spiro atoms. The molecule has 7 heteroatoms. The molecule has 1 heterocycles. The maximum Gasteiger partial charge on any atom is 0.276 e. The molecule has 0 saturated heterocycles. The summed E-state index contributed by atoms with van der Waals surface area (Å²) in [7, 11) is 1.84. The third kappa shape index (κ3) is 3.27. The summed E-state index contributed by atoms with van der Waals surface area (Å²) in [6.45, 7) is 0.773. The zero-order chi connectivity index (χ0) is 12.1. The van der Waals surface area contributed by atoms with Crippen molar-refractivity contribution in [3.8, 4) is 0 Å². The fourth-order valence-electron chi connectivity index (χ4n) is 1.17. The van der Waals surface area contributed by atoms with Crippen LogP contribution >= 0.6 is 11.8 Å². The Morgan fingerprint density at radius 1 is 1.62 bits per heavy atom. The van der Waals surface area contributed by atoms with Gasteiger partial charge in [-0.05, 0) is 6.26 Å². The zero-order valence-electron chi connectivity index (χ0n) is 9.21. The highest BCUT2D eigenvalue weighted by atomic mass is 32.2. The van der Waals surface area contributed by atoms with Gasteiger partial charge in [-0.25, -0.2) is 4.98 Å². The molecule has 0 bridgehead atoms. The topological polar surface area (TPSA) is 85.3 Å². The van der Waals surface area contributed by atoms with Crippen LogP contribution in [0.2, 0.25) is 0 Å². The van der Waals surface area contributed by atoms with Crippen LogP contribution in [-0.2, 0) is 0 Å². The molecule has 1 aromatic rings. The van der Waals surface area contributed by atoms with Gasteiger partial charge in [-0.15, -0.1) is 0 Å². The fraction of sp³-hybridized carbons (Fsp3) is 0.444. The summed E-state index contributed by atoms with van der Waals surface area (Å²) in [4.78, 5) is 16.1. The van der Waals surface area contributed by atoms with Crippen molar-refractivity contribution >= 4 is 29.1 Å². The minimum absolute atomic E-state index is 0.0292. The molecular weight excluding hydrogens is 228 g/mol. The van der Waals surface area contributed by atoms with E-state index < -0.39 is 4.92 Å². The molecule has 0 atom stereocenters. The van der Waals surface area contributed by atoms with Gasteiger partial charge < -0.3 is 10.6 Å². The van der Waals surface area contributed by atoms with Crippen molar-refractivity contribution in [1.29, 1.82) is 0 Å². The highest BCUT2D eigenvalue weighted by Crippen LogP contribution is 2.21. The summed E-state index contributed by atoms with van der Waals surface area (Å²) in [5.74, 6) is 1.63. The Balaban J connectivity index is 2.91. The Morgan fingerprint density at radius 3 is 2.88 bits per heavy atom. The molecule has 0 aliphatic carbocycles. The molecule has 0 fully saturated rings. The number of nitrogens with zero attached hydrogens (tertiary/aromatic N) is 3. The lowest BCUT2D eigenvalue weighted by Crippen LogP contribution is -2.21. The Labute approximate surface area is 98.0 Å². The first-order valence-corrected chi connectivity index (χ1v) is 6.06. The van der Waals surface area contributed by atoms with E-state index in [9.17, 15) is 10.1 Å². The van der Waals surface area contributed by atoms with E-state index in [1.807, 2.05) is 18.2 Å². The van der Waals surface area contributed by atoms with E-state index >= 15 is 0 Å². The lowest BCUT2D eigenvalue weighted by atomic mass is 10.3. The predicted octanol–water partition coefficient (Wildman–Crippen LogP) is 1.37. The van der Waals surface area contributed by atoms with Crippen LogP contribution in [0.15, 0.2) is 12.1 Å². The predicted molar refractivity (Wildman–Crippen MR) is 67.0 cm³/mol. The number of anilines is 2. The number of nitro groups is 1. The van der Waals surface area contributed by atoms with E-state index in [1.165, 1.54) is 12.1 Å². The number of aromatic nitrogens is 1. The van der Waals surface area contributed by atoms with E-state index in [0.29, 0.717) is 5.82 Å². The Bertz CT molecular complexity index is 386. The number of rotatable bonds is 5. The summed E-state index contributed by atoms with van der Waals surface area (Å²) in [5, 5.41) is 10.6. The molecule has 88 valence electrons. The number of nitrogen functional groups attached to an aromatic ring is 1. The number of hydrogen-bond acceptors (Lipinski definition) is 6. The van der Waals surface area contributed by atoms with Gasteiger partial charge in [0.25, 0.3) is 5.69 Å². The molecule has 0 saturated carbocycles. The quantitative estimate of drug-likeness (QED) is 0.620. The first-order valence-electron chi connectivity index (χ1n) is 4.66. The van der Waals surface area contributed by atoms with Crippen molar-refractivity contribution in [3.63, 3.8) is 0 Å². The molecule has 0 unspecified atom stereocenters. The van der Waals surface area contributed by atoms with Crippen molar-refractivity contribution in [2.24, 2.45) is 0 Å².